The molecule has 2 aliphatic rings. The average molecular weight is 286 g/mol. The van der Waals surface area contributed by atoms with Gasteiger partial charge in [0.25, 0.3) is 0 Å². The molecule has 2 nitrogen and oxygen atoms in total. The fraction of sp³-hybridized carbons (Fsp3) is 0.684. The predicted molar refractivity (Wildman–Crippen MR) is 89.3 cm³/mol. The molecule has 1 spiro atoms. The average Bonchev–Trinajstić information content (AvgIpc) is 2.98. The van der Waals surface area contributed by atoms with Crippen LogP contribution >= 0.6 is 0 Å². The van der Waals surface area contributed by atoms with Crippen LogP contribution < -0.4 is 5.73 Å². The molecule has 0 amide bonds. The van der Waals surface area contributed by atoms with Crippen LogP contribution in [-0.2, 0) is 6.42 Å². The molecule has 2 heteroatoms. The second kappa shape index (κ2) is 6.50. The molecule has 1 saturated carbocycles. The zero-order valence-corrected chi connectivity index (χ0v) is 13.5. The topological polar surface area (TPSA) is 29.3 Å². The third-order valence-corrected chi connectivity index (χ3v) is 5.85. The monoisotopic (exact) mass is 286 g/mol. The summed E-state index contributed by atoms with van der Waals surface area (Å²) in [5.74, 6) is 0. The molecule has 1 aliphatic carbocycles. The molecular formula is C19H30N2. The first-order valence-corrected chi connectivity index (χ1v) is 8.78. The van der Waals surface area contributed by atoms with Crippen molar-refractivity contribution in [1.82, 2.24) is 4.90 Å². The summed E-state index contributed by atoms with van der Waals surface area (Å²) < 4.78 is 0. The van der Waals surface area contributed by atoms with Crippen molar-refractivity contribution in [2.24, 2.45) is 11.1 Å². The number of nitrogens with zero attached hydrogens (tertiary/aromatic N) is 1. The largest absolute Gasteiger partial charge is 0.323 e. The zero-order valence-electron chi connectivity index (χ0n) is 13.5. The van der Waals surface area contributed by atoms with Crippen LogP contribution in [0.4, 0.5) is 0 Å². The van der Waals surface area contributed by atoms with E-state index < -0.39 is 0 Å². The minimum Gasteiger partial charge on any atom is -0.323 e. The summed E-state index contributed by atoms with van der Waals surface area (Å²) >= 11 is 0. The molecule has 1 unspecified atom stereocenters. The Morgan fingerprint density at radius 3 is 2.24 bits per heavy atom. The van der Waals surface area contributed by atoms with Crippen molar-refractivity contribution in [3.05, 3.63) is 35.4 Å². The molecule has 2 N–H and O–H groups in total. The maximum absolute atomic E-state index is 6.42. The number of nitrogens with two attached hydrogens (primary N) is 1. The molecule has 2 fully saturated rings. The van der Waals surface area contributed by atoms with E-state index in [1.54, 1.807) is 0 Å². The minimum atomic E-state index is 0.161. The first-order chi connectivity index (χ1) is 10.2. The van der Waals surface area contributed by atoms with E-state index in [0.29, 0.717) is 5.41 Å². The fourth-order valence-corrected chi connectivity index (χ4v) is 4.22. The van der Waals surface area contributed by atoms with Gasteiger partial charge in [-0.2, -0.15) is 0 Å². The van der Waals surface area contributed by atoms with Gasteiger partial charge in [0.1, 0.15) is 0 Å². The Morgan fingerprint density at radius 1 is 1.05 bits per heavy atom. The minimum absolute atomic E-state index is 0.161. The Balaban J connectivity index is 1.52. The molecular weight excluding hydrogens is 256 g/mol. The van der Waals surface area contributed by atoms with E-state index >= 15 is 0 Å². The Bertz CT molecular complexity index is 435. The molecule has 116 valence electrons. The Hall–Kier alpha value is -0.860. The molecule has 21 heavy (non-hydrogen) atoms. The highest BCUT2D eigenvalue weighted by Gasteiger charge is 2.36. The van der Waals surface area contributed by atoms with E-state index in [4.69, 9.17) is 5.73 Å². The first kappa shape index (κ1) is 15.1. The van der Waals surface area contributed by atoms with Crippen LogP contribution in [0.5, 0.6) is 0 Å². The lowest BCUT2D eigenvalue weighted by Crippen LogP contribution is -2.42. The van der Waals surface area contributed by atoms with Gasteiger partial charge in [0, 0.05) is 12.6 Å². The molecule has 3 rings (SSSR count). The van der Waals surface area contributed by atoms with Crippen molar-refractivity contribution in [3.63, 3.8) is 0 Å². The number of rotatable bonds is 4. The SMILES string of the molecule is CCc1ccc(C(N)CN2CCC3(CCCC3)CC2)cc1. The molecule has 1 aromatic carbocycles. The molecule has 1 heterocycles. The van der Waals surface area contributed by atoms with Gasteiger partial charge in [-0.25, -0.2) is 0 Å². The normalized spacial score (nSPS) is 23.5. The highest BCUT2D eigenvalue weighted by atomic mass is 15.1. The summed E-state index contributed by atoms with van der Waals surface area (Å²) in [5, 5.41) is 0. The van der Waals surface area contributed by atoms with E-state index in [1.807, 2.05) is 0 Å². The lowest BCUT2D eigenvalue weighted by atomic mass is 9.77. The van der Waals surface area contributed by atoms with Crippen LogP contribution in [0.2, 0.25) is 0 Å². The van der Waals surface area contributed by atoms with Crippen molar-refractivity contribution in [2.75, 3.05) is 19.6 Å². The summed E-state index contributed by atoms with van der Waals surface area (Å²) in [6.07, 6.45) is 9.77. The summed E-state index contributed by atoms with van der Waals surface area (Å²) in [7, 11) is 0. The van der Waals surface area contributed by atoms with E-state index in [0.717, 1.165) is 13.0 Å². The second-order valence-corrected chi connectivity index (χ2v) is 7.21. The second-order valence-electron chi connectivity index (χ2n) is 7.21. The van der Waals surface area contributed by atoms with Crippen molar-refractivity contribution >= 4 is 0 Å². The van der Waals surface area contributed by atoms with Crippen molar-refractivity contribution < 1.29 is 0 Å². The predicted octanol–water partition coefficient (Wildman–Crippen LogP) is 3.91. The van der Waals surface area contributed by atoms with E-state index in [9.17, 15) is 0 Å². The van der Waals surface area contributed by atoms with Gasteiger partial charge in [-0.15, -0.1) is 0 Å². The summed E-state index contributed by atoms with van der Waals surface area (Å²) in [6, 6.07) is 9.03. The number of hydrogen-bond donors (Lipinski definition) is 1. The van der Waals surface area contributed by atoms with E-state index in [-0.39, 0.29) is 6.04 Å². The maximum atomic E-state index is 6.42. The number of benzene rings is 1. The lowest BCUT2D eigenvalue weighted by Gasteiger charge is -2.40. The smallest absolute Gasteiger partial charge is 0.0424 e. The van der Waals surface area contributed by atoms with E-state index in [2.05, 4.69) is 36.1 Å². The third kappa shape index (κ3) is 3.49. The van der Waals surface area contributed by atoms with E-state index in [1.165, 1.54) is 62.7 Å². The summed E-state index contributed by atoms with van der Waals surface area (Å²) in [6.45, 7) is 5.71. The van der Waals surface area contributed by atoms with Crippen molar-refractivity contribution in [3.8, 4) is 0 Å². The summed E-state index contributed by atoms with van der Waals surface area (Å²) in [5.41, 5.74) is 9.81. The van der Waals surface area contributed by atoms with Gasteiger partial charge in [-0.1, -0.05) is 44.0 Å². The van der Waals surface area contributed by atoms with Crippen LogP contribution in [0.1, 0.15) is 62.6 Å². The lowest BCUT2D eigenvalue weighted by molar-refractivity contribution is 0.104. The quantitative estimate of drug-likeness (QED) is 0.909. The van der Waals surface area contributed by atoms with Gasteiger partial charge in [-0.05, 0) is 61.7 Å². The van der Waals surface area contributed by atoms with Crippen molar-refractivity contribution in [1.29, 1.82) is 0 Å². The van der Waals surface area contributed by atoms with Crippen LogP contribution in [-0.4, -0.2) is 24.5 Å². The first-order valence-electron chi connectivity index (χ1n) is 8.78. The highest BCUT2D eigenvalue weighted by molar-refractivity contribution is 5.25. The van der Waals surface area contributed by atoms with Gasteiger partial charge in [-0.3, -0.25) is 0 Å². The fourth-order valence-electron chi connectivity index (χ4n) is 4.22. The molecule has 0 radical (unpaired) electrons. The molecule has 0 aromatic heterocycles. The number of hydrogen-bond acceptors (Lipinski definition) is 2. The van der Waals surface area contributed by atoms with Gasteiger partial charge >= 0.3 is 0 Å². The standard InChI is InChI=1S/C19H30N2/c1-2-16-5-7-17(8-6-16)18(20)15-21-13-11-19(12-14-21)9-3-4-10-19/h5-8,18H,2-4,9-15,20H2,1H3. The van der Waals surface area contributed by atoms with Gasteiger partial charge in [0.2, 0.25) is 0 Å². The van der Waals surface area contributed by atoms with Gasteiger partial charge < -0.3 is 10.6 Å². The number of aryl methyl sites for hydroxylation is 1. The van der Waals surface area contributed by atoms with Crippen LogP contribution in [0, 0.1) is 5.41 Å². The Kier molecular flexibility index (Phi) is 4.66. The van der Waals surface area contributed by atoms with Gasteiger partial charge in [0.15, 0.2) is 0 Å². The van der Waals surface area contributed by atoms with Crippen LogP contribution in [0.15, 0.2) is 24.3 Å². The molecule has 1 aromatic rings. The number of likely N-dealkylation sites (tertiary alicyclic amines) is 1. The summed E-state index contributed by atoms with van der Waals surface area (Å²) in [4.78, 5) is 2.59. The molecule has 1 saturated heterocycles. The van der Waals surface area contributed by atoms with Crippen LogP contribution in [0.3, 0.4) is 0 Å². The van der Waals surface area contributed by atoms with Crippen molar-refractivity contribution in [2.45, 2.75) is 57.9 Å². The molecule has 1 aliphatic heterocycles. The van der Waals surface area contributed by atoms with Gasteiger partial charge in [0.05, 0.1) is 0 Å². The zero-order chi connectivity index (χ0) is 14.7. The number of piperidine rings is 1. The molecule has 1 atom stereocenters. The maximum Gasteiger partial charge on any atom is 0.0424 e. The Labute approximate surface area is 129 Å². The highest BCUT2D eigenvalue weighted by Crippen LogP contribution is 2.46. The van der Waals surface area contributed by atoms with Crippen LogP contribution in [0.25, 0.3) is 0 Å². The molecule has 0 bridgehead atoms. The Morgan fingerprint density at radius 2 is 1.67 bits per heavy atom. The third-order valence-electron chi connectivity index (χ3n) is 5.85.